The summed E-state index contributed by atoms with van der Waals surface area (Å²) >= 11 is 5.96. The van der Waals surface area contributed by atoms with Crippen molar-refractivity contribution in [1.29, 1.82) is 0 Å². The van der Waals surface area contributed by atoms with Crippen LogP contribution in [0.1, 0.15) is 24.1 Å². The molecule has 2 rings (SSSR count). The molecule has 25 heavy (non-hydrogen) atoms. The van der Waals surface area contributed by atoms with E-state index < -0.39 is 9.84 Å². The molecule has 0 aliphatic rings. The Morgan fingerprint density at radius 2 is 1.92 bits per heavy atom. The minimum atomic E-state index is -3.29. The number of benzene rings is 2. The van der Waals surface area contributed by atoms with Crippen LogP contribution in [0.15, 0.2) is 47.4 Å². The van der Waals surface area contributed by atoms with Gasteiger partial charge in [0.2, 0.25) is 5.91 Å². The number of halogens is 1. The predicted octanol–water partition coefficient (Wildman–Crippen LogP) is 3.34. The van der Waals surface area contributed by atoms with E-state index in [2.05, 4.69) is 10.6 Å². The zero-order valence-electron chi connectivity index (χ0n) is 14.3. The van der Waals surface area contributed by atoms with E-state index in [9.17, 15) is 13.2 Å². The van der Waals surface area contributed by atoms with Gasteiger partial charge >= 0.3 is 0 Å². The molecule has 0 heterocycles. The first-order valence-corrected chi connectivity index (χ1v) is 10.0. The number of nitrogens with one attached hydrogen (secondary N) is 2. The topological polar surface area (TPSA) is 75.3 Å². The van der Waals surface area contributed by atoms with Gasteiger partial charge < -0.3 is 10.6 Å². The summed E-state index contributed by atoms with van der Waals surface area (Å²) in [5, 5.41) is 6.49. The van der Waals surface area contributed by atoms with Crippen LogP contribution in [0.25, 0.3) is 0 Å². The Morgan fingerprint density at radius 3 is 2.56 bits per heavy atom. The van der Waals surface area contributed by atoms with Crippen molar-refractivity contribution in [2.45, 2.75) is 24.8 Å². The van der Waals surface area contributed by atoms with Gasteiger partial charge in [-0.25, -0.2) is 8.42 Å². The van der Waals surface area contributed by atoms with Crippen molar-refractivity contribution in [2.24, 2.45) is 0 Å². The van der Waals surface area contributed by atoms with Crippen molar-refractivity contribution in [3.8, 4) is 0 Å². The third-order valence-corrected chi connectivity index (χ3v) is 5.15. The number of rotatable bonds is 6. The van der Waals surface area contributed by atoms with Gasteiger partial charge in [0, 0.05) is 17.0 Å². The second-order valence-electron chi connectivity index (χ2n) is 5.95. The van der Waals surface area contributed by atoms with E-state index >= 15 is 0 Å². The largest absolute Gasteiger partial charge is 0.376 e. The van der Waals surface area contributed by atoms with Crippen molar-refractivity contribution >= 4 is 33.0 Å². The minimum absolute atomic E-state index is 0.0406. The summed E-state index contributed by atoms with van der Waals surface area (Å²) in [5.41, 5.74) is 2.40. The fourth-order valence-corrected chi connectivity index (χ4v) is 3.20. The number of sulfone groups is 1. The Balaban J connectivity index is 2.00. The number of aryl methyl sites for hydroxylation is 1. The van der Waals surface area contributed by atoms with Gasteiger partial charge in [0.25, 0.3) is 0 Å². The zero-order chi connectivity index (χ0) is 18.6. The lowest BCUT2D eigenvalue weighted by Crippen LogP contribution is -2.32. The fraction of sp³-hybridized carbons (Fsp3) is 0.278. The average molecular weight is 381 g/mol. The molecule has 0 aliphatic heterocycles. The van der Waals surface area contributed by atoms with Crippen LogP contribution in [-0.4, -0.2) is 27.1 Å². The number of hydrogen-bond acceptors (Lipinski definition) is 4. The summed E-state index contributed by atoms with van der Waals surface area (Å²) in [5.74, 6) is -0.198. The Hall–Kier alpha value is -2.05. The molecule has 134 valence electrons. The highest BCUT2D eigenvalue weighted by Crippen LogP contribution is 2.20. The highest BCUT2D eigenvalue weighted by molar-refractivity contribution is 7.90. The molecule has 0 saturated carbocycles. The normalized spacial score (nSPS) is 12.5. The third-order valence-electron chi connectivity index (χ3n) is 3.80. The number of anilines is 1. The Kier molecular flexibility index (Phi) is 6.08. The van der Waals surface area contributed by atoms with Gasteiger partial charge in [-0.05, 0) is 49.2 Å². The second-order valence-corrected chi connectivity index (χ2v) is 8.40. The number of carbonyl (C=O) groups is 1. The van der Waals surface area contributed by atoms with Crippen LogP contribution >= 0.6 is 11.6 Å². The van der Waals surface area contributed by atoms with Crippen LogP contribution in [0, 0.1) is 6.92 Å². The third kappa shape index (κ3) is 5.47. The minimum Gasteiger partial charge on any atom is -0.376 e. The lowest BCUT2D eigenvalue weighted by Gasteiger charge is -2.16. The molecule has 0 aromatic heterocycles. The Bertz CT molecular complexity index is 882. The van der Waals surface area contributed by atoms with Crippen molar-refractivity contribution in [3.05, 3.63) is 58.6 Å². The van der Waals surface area contributed by atoms with Crippen molar-refractivity contribution in [2.75, 3.05) is 18.1 Å². The van der Waals surface area contributed by atoms with E-state index in [1.807, 2.05) is 26.0 Å². The van der Waals surface area contributed by atoms with E-state index in [-0.39, 0.29) is 23.4 Å². The quantitative estimate of drug-likeness (QED) is 0.805. The lowest BCUT2D eigenvalue weighted by atomic mass is 10.1. The maximum absolute atomic E-state index is 12.2. The maximum Gasteiger partial charge on any atom is 0.239 e. The standard InChI is InChI=1S/C18H21ClN2O3S/c1-12-7-8-16(25(3,23)24)10-17(12)20-11-18(22)21-13(2)14-5-4-6-15(19)9-14/h4-10,13,20H,11H2,1-3H3,(H,21,22)/t13-/m1/s1. The van der Waals surface area contributed by atoms with Crippen molar-refractivity contribution in [1.82, 2.24) is 5.32 Å². The molecule has 0 spiro atoms. The molecular weight excluding hydrogens is 360 g/mol. The molecule has 0 unspecified atom stereocenters. The summed E-state index contributed by atoms with van der Waals surface area (Å²) in [7, 11) is -3.29. The van der Waals surface area contributed by atoms with Gasteiger partial charge in [0.05, 0.1) is 17.5 Å². The van der Waals surface area contributed by atoms with Crippen LogP contribution < -0.4 is 10.6 Å². The first-order chi connectivity index (χ1) is 11.7. The lowest BCUT2D eigenvalue weighted by molar-refractivity contribution is -0.120. The van der Waals surface area contributed by atoms with Crippen molar-refractivity contribution < 1.29 is 13.2 Å². The van der Waals surface area contributed by atoms with Gasteiger partial charge in [0.1, 0.15) is 0 Å². The van der Waals surface area contributed by atoms with Crippen LogP contribution in [0.4, 0.5) is 5.69 Å². The maximum atomic E-state index is 12.2. The van der Waals surface area contributed by atoms with E-state index in [0.717, 1.165) is 17.4 Å². The van der Waals surface area contributed by atoms with Crippen molar-refractivity contribution in [3.63, 3.8) is 0 Å². The summed E-state index contributed by atoms with van der Waals surface area (Å²) in [6.07, 6.45) is 1.15. The Morgan fingerprint density at radius 1 is 1.20 bits per heavy atom. The number of hydrogen-bond donors (Lipinski definition) is 2. The molecule has 2 N–H and O–H groups in total. The van der Waals surface area contributed by atoms with E-state index in [0.29, 0.717) is 10.7 Å². The molecule has 1 atom stereocenters. The molecule has 7 heteroatoms. The number of amides is 1. The summed E-state index contributed by atoms with van der Waals surface area (Å²) < 4.78 is 23.3. The fourth-order valence-electron chi connectivity index (χ4n) is 2.35. The molecule has 0 fully saturated rings. The van der Waals surface area contributed by atoms with E-state index in [4.69, 9.17) is 11.6 Å². The van der Waals surface area contributed by atoms with Gasteiger partial charge in [-0.3, -0.25) is 4.79 Å². The van der Waals surface area contributed by atoms with Crippen LogP contribution in [0.2, 0.25) is 5.02 Å². The second kappa shape index (κ2) is 7.89. The SMILES string of the molecule is Cc1ccc(S(C)(=O)=O)cc1NCC(=O)N[C@H](C)c1cccc(Cl)c1. The molecule has 2 aromatic carbocycles. The first kappa shape index (κ1) is 19.3. The molecular formula is C18H21ClN2O3S. The van der Waals surface area contributed by atoms with Gasteiger partial charge in [-0.2, -0.15) is 0 Å². The van der Waals surface area contributed by atoms with E-state index in [1.54, 1.807) is 30.3 Å². The molecule has 0 radical (unpaired) electrons. The smallest absolute Gasteiger partial charge is 0.239 e. The highest BCUT2D eigenvalue weighted by Gasteiger charge is 2.12. The van der Waals surface area contributed by atoms with Crippen LogP contribution in [0.5, 0.6) is 0 Å². The zero-order valence-corrected chi connectivity index (χ0v) is 15.9. The average Bonchev–Trinajstić information content (AvgIpc) is 2.53. The molecule has 5 nitrogen and oxygen atoms in total. The predicted molar refractivity (Wildman–Crippen MR) is 101 cm³/mol. The molecule has 0 aliphatic carbocycles. The monoisotopic (exact) mass is 380 g/mol. The van der Waals surface area contributed by atoms with Gasteiger partial charge in [0.15, 0.2) is 9.84 Å². The van der Waals surface area contributed by atoms with Gasteiger partial charge in [-0.15, -0.1) is 0 Å². The molecule has 0 bridgehead atoms. The van der Waals surface area contributed by atoms with E-state index in [1.165, 1.54) is 0 Å². The van der Waals surface area contributed by atoms with Crippen LogP contribution in [-0.2, 0) is 14.6 Å². The molecule has 0 saturated heterocycles. The van der Waals surface area contributed by atoms with Gasteiger partial charge in [-0.1, -0.05) is 29.8 Å². The summed E-state index contributed by atoms with van der Waals surface area (Å²) in [6.45, 7) is 3.76. The van der Waals surface area contributed by atoms with Crippen LogP contribution in [0.3, 0.4) is 0 Å². The summed E-state index contributed by atoms with van der Waals surface area (Å²) in [4.78, 5) is 12.4. The summed E-state index contributed by atoms with van der Waals surface area (Å²) in [6, 6.07) is 11.9. The molecule has 2 aromatic rings. The Labute approximate surface area is 153 Å². The first-order valence-electron chi connectivity index (χ1n) is 7.76. The highest BCUT2D eigenvalue weighted by atomic mass is 35.5. The number of carbonyl (C=O) groups excluding carboxylic acids is 1. The molecule has 1 amide bonds.